The number of fused-ring (bicyclic) bond motifs is 1. The van der Waals surface area contributed by atoms with Crippen molar-refractivity contribution in [3.8, 4) is 0 Å². The maximum atomic E-state index is 13.1. The molecule has 5 nitrogen and oxygen atoms in total. The number of hydrogen-bond acceptors (Lipinski definition) is 6. The molecule has 1 aromatic heterocycles. The Balaban J connectivity index is 1.52. The van der Waals surface area contributed by atoms with Crippen molar-refractivity contribution >= 4 is 51.9 Å². The number of ketones is 1. The van der Waals surface area contributed by atoms with Gasteiger partial charge in [-0.1, -0.05) is 124 Å². The summed E-state index contributed by atoms with van der Waals surface area (Å²) in [5.74, 6) is -0.764. The number of rotatable bonds is 13. The van der Waals surface area contributed by atoms with Gasteiger partial charge in [0.15, 0.2) is 0 Å². The summed E-state index contributed by atoms with van der Waals surface area (Å²) in [5.41, 5.74) is 0. The third kappa shape index (κ3) is 7.92. The lowest BCUT2D eigenvalue weighted by molar-refractivity contribution is -0.140. The summed E-state index contributed by atoms with van der Waals surface area (Å²) in [6, 6.07) is 31.9. The van der Waals surface area contributed by atoms with Crippen molar-refractivity contribution in [3.05, 3.63) is 120 Å². The number of unbranched alkanes of at least 4 members (excludes halogenated alkanes) is 1. The highest BCUT2D eigenvalue weighted by Gasteiger charge is 2.51. The van der Waals surface area contributed by atoms with Crippen LogP contribution in [0.4, 0.5) is 0 Å². The fourth-order valence-corrected chi connectivity index (χ4v) is 12.6. The molecule has 7 heteroatoms. The zero-order chi connectivity index (χ0) is 33.4. The monoisotopic (exact) mass is 666 g/mol. The van der Waals surface area contributed by atoms with Gasteiger partial charge in [0, 0.05) is 34.3 Å². The molecule has 1 saturated carbocycles. The van der Waals surface area contributed by atoms with Gasteiger partial charge in [-0.15, -0.1) is 11.3 Å². The predicted octanol–water partition coefficient (Wildman–Crippen LogP) is 7.93. The first-order valence-electron chi connectivity index (χ1n) is 16.5. The largest absolute Gasteiger partial charge is 0.469 e. The van der Waals surface area contributed by atoms with Gasteiger partial charge in [-0.05, 0) is 52.2 Å². The van der Waals surface area contributed by atoms with Crippen LogP contribution in [0.1, 0.15) is 63.9 Å². The van der Waals surface area contributed by atoms with Crippen molar-refractivity contribution in [2.45, 2.75) is 70.1 Å². The second-order valence-electron chi connectivity index (χ2n) is 13.4. The summed E-state index contributed by atoms with van der Waals surface area (Å²) in [7, 11) is -1.53. The number of thiophene rings is 1. The number of Topliss-reactive ketones (excluding diaryl/α,β-unsaturated/α-hetero) is 1. The van der Waals surface area contributed by atoms with Gasteiger partial charge in [-0.3, -0.25) is 9.59 Å². The smallest absolute Gasteiger partial charge is 0.305 e. The molecule has 4 aromatic rings. The van der Waals surface area contributed by atoms with Crippen molar-refractivity contribution in [2.24, 2.45) is 11.8 Å². The molecule has 5 rings (SSSR count). The number of ether oxygens (including phenoxy) is 1. The summed E-state index contributed by atoms with van der Waals surface area (Å²) in [6.07, 6.45) is 9.55. The van der Waals surface area contributed by atoms with Crippen LogP contribution in [-0.2, 0) is 18.8 Å². The average Bonchev–Trinajstić information content (AvgIpc) is 3.62. The van der Waals surface area contributed by atoms with Crippen molar-refractivity contribution < 1.29 is 23.9 Å². The highest BCUT2D eigenvalue weighted by molar-refractivity contribution is 7.19. The Morgan fingerprint density at radius 2 is 1.62 bits per heavy atom. The van der Waals surface area contributed by atoms with Crippen molar-refractivity contribution in [1.82, 2.24) is 0 Å². The SMILES string of the molecule is COC(=O)CCCC=CC[C@H]1C(=O)C[C@@H](O)[C@@H]1C=CC(O[Si](c1ccccc1)(c1ccccc1)C(C)(C)C)c1cc2ccccc2s1. The minimum Gasteiger partial charge on any atom is -0.469 e. The van der Waals surface area contributed by atoms with Crippen molar-refractivity contribution in [1.29, 1.82) is 0 Å². The zero-order valence-electron chi connectivity index (χ0n) is 27.8. The number of hydrogen-bond donors (Lipinski definition) is 1. The molecule has 0 spiro atoms. The number of carbonyl (C=O) groups is 2. The number of carbonyl (C=O) groups excluding carboxylic acids is 2. The lowest BCUT2D eigenvalue weighted by atomic mass is 9.90. The molecule has 0 radical (unpaired) electrons. The minimum atomic E-state index is -2.93. The van der Waals surface area contributed by atoms with Crippen molar-refractivity contribution in [3.63, 3.8) is 0 Å². The van der Waals surface area contributed by atoms with Gasteiger partial charge < -0.3 is 14.3 Å². The van der Waals surface area contributed by atoms with E-state index in [-0.39, 0.29) is 35.0 Å². The van der Waals surface area contributed by atoms with Gasteiger partial charge in [0.2, 0.25) is 0 Å². The molecule has 1 unspecified atom stereocenters. The number of aliphatic hydroxyl groups is 1. The molecule has 0 saturated heterocycles. The second-order valence-corrected chi connectivity index (χ2v) is 18.7. The van der Waals surface area contributed by atoms with E-state index in [0.717, 1.165) is 11.3 Å². The molecule has 1 aliphatic rings. The first-order valence-corrected chi connectivity index (χ1v) is 19.2. The molecule has 1 aliphatic carbocycles. The fourth-order valence-electron chi connectivity index (χ4n) is 6.80. The molecule has 0 amide bonds. The second kappa shape index (κ2) is 15.5. The molecular formula is C40H46O5SSi. The number of esters is 1. The Morgan fingerprint density at radius 1 is 0.979 bits per heavy atom. The van der Waals surface area contributed by atoms with E-state index in [1.807, 2.05) is 30.4 Å². The van der Waals surface area contributed by atoms with Crippen LogP contribution in [0, 0.1) is 11.8 Å². The van der Waals surface area contributed by atoms with Gasteiger partial charge in [-0.25, -0.2) is 0 Å². The highest BCUT2D eigenvalue weighted by Crippen LogP contribution is 2.43. The van der Waals surface area contributed by atoms with Gasteiger partial charge >= 0.3 is 5.97 Å². The van der Waals surface area contributed by atoms with E-state index in [2.05, 4.69) is 106 Å². The van der Waals surface area contributed by atoms with Crippen LogP contribution in [0.25, 0.3) is 10.1 Å². The van der Waals surface area contributed by atoms with Crippen LogP contribution in [0.5, 0.6) is 0 Å². The Labute approximate surface area is 284 Å². The van der Waals surface area contributed by atoms with Crippen LogP contribution in [0.2, 0.25) is 5.04 Å². The first-order chi connectivity index (χ1) is 22.6. The van der Waals surface area contributed by atoms with Crippen LogP contribution in [0.15, 0.2) is 115 Å². The van der Waals surface area contributed by atoms with Crippen LogP contribution < -0.4 is 10.4 Å². The van der Waals surface area contributed by atoms with Crippen LogP contribution >= 0.6 is 11.3 Å². The van der Waals surface area contributed by atoms with E-state index in [1.54, 1.807) is 11.3 Å². The van der Waals surface area contributed by atoms with Gasteiger partial charge in [0.05, 0.1) is 19.3 Å². The Hall–Kier alpha value is -3.62. The van der Waals surface area contributed by atoms with Crippen LogP contribution in [-0.4, -0.2) is 38.4 Å². The molecule has 3 aromatic carbocycles. The van der Waals surface area contributed by atoms with Crippen molar-refractivity contribution in [2.75, 3.05) is 7.11 Å². The Kier molecular flexibility index (Phi) is 11.5. The molecule has 1 N–H and O–H groups in total. The summed E-state index contributed by atoms with van der Waals surface area (Å²) in [5, 5.41) is 14.4. The van der Waals surface area contributed by atoms with E-state index in [4.69, 9.17) is 9.16 Å². The highest BCUT2D eigenvalue weighted by atomic mass is 32.1. The molecule has 47 heavy (non-hydrogen) atoms. The van der Waals surface area contributed by atoms with Gasteiger partial charge in [0.25, 0.3) is 8.32 Å². The summed E-state index contributed by atoms with van der Waals surface area (Å²) in [6.45, 7) is 6.83. The summed E-state index contributed by atoms with van der Waals surface area (Å²) in [4.78, 5) is 25.6. The number of benzene rings is 3. The van der Waals surface area contributed by atoms with Gasteiger partial charge in [-0.2, -0.15) is 0 Å². The Morgan fingerprint density at radius 3 is 2.23 bits per heavy atom. The maximum Gasteiger partial charge on any atom is 0.305 e. The van der Waals surface area contributed by atoms with E-state index in [9.17, 15) is 14.7 Å². The normalized spacial score (nSPS) is 19.6. The molecule has 246 valence electrons. The fraction of sp³-hybridized carbons (Fsp3) is 0.350. The Bertz CT molecular complexity index is 1620. The van der Waals surface area contributed by atoms with E-state index >= 15 is 0 Å². The molecule has 1 fully saturated rings. The first kappa shape index (κ1) is 34.7. The quantitative estimate of drug-likeness (QED) is 0.0679. The number of allylic oxidation sites excluding steroid dienone is 2. The third-order valence-electron chi connectivity index (χ3n) is 9.22. The summed E-state index contributed by atoms with van der Waals surface area (Å²) >= 11 is 1.73. The molecule has 1 heterocycles. The molecular weight excluding hydrogens is 621 g/mol. The predicted molar refractivity (Wildman–Crippen MR) is 195 cm³/mol. The molecule has 0 aliphatic heterocycles. The zero-order valence-corrected chi connectivity index (χ0v) is 29.6. The lowest BCUT2D eigenvalue weighted by Gasteiger charge is -2.44. The number of aliphatic hydroxyl groups excluding tert-OH is 1. The third-order valence-corrected chi connectivity index (χ3v) is 15.4. The number of methoxy groups -OCH3 is 1. The van der Waals surface area contributed by atoms with E-state index in [0.29, 0.717) is 19.3 Å². The standard InChI is InChI=1S/C40H46O5SSi/c1-40(2,3)47(30-18-9-7-10-19-30,31-20-11-8-12-21-31)45-36(38-27-29-17-15-16-23-37(29)46-38)26-25-33-32(34(41)28-35(33)42)22-13-5-6-14-24-39(43)44-4/h5,7-13,15-21,23,25-27,32-33,35-36,42H,6,14,22,24,28H2,1-4H3/t32-,33-,35-,36?/m1/s1. The minimum absolute atomic E-state index is 0.0812. The summed E-state index contributed by atoms with van der Waals surface area (Å²) < 4.78 is 13.6. The van der Waals surface area contributed by atoms with E-state index in [1.165, 1.54) is 27.6 Å². The van der Waals surface area contributed by atoms with Crippen LogP contribution in [0.3, 0.4) is 0 Å². The van der Waals surface area contributed by atoms with Gasteiger partial charge in [0.1, 0.15) is 5.78 Å². The molecule has 0 bridgehead atoms. The lowest BCUT2D eigenvalue weighted by Crippen LogP contribution is -2.66. The molecule has 4 atom stereocenters. The topological polar surface area (TPSA) is 72.8 Å². The maximum absolute atomic E-state index is 13.1. The van der Waals surface area contributed by atoms with E-state index < -0.39 is 20.5 Å². The average molecular weight is 667 g/mol.